The normalized spacial score (nSPS) is 17.9. The molecule has 2 aliphatic heterocycles. The zero-order valence-corrected chi connectivity index (χ0v) is 22.1. The molecule has 0 bridgehead atoms. The molecule has 0 amide bonds. The maximum absolute atomic E-state index is 13.4. The lowest BCUT2D eigenvalue weighted by Gasteiger charge is -2.29. The van der Waals surface area contributed by atoms with Crippen molar-refractivity contribution >= 4 is 17.6 Å². The molecule has 2 aromatic rings. The summed E-state index contributed by atoms with van der Waals surface area (Å²) in [4.78, 5) is 37.0. The molecule has 0 aromatic heterocycles. The number of non-ortho nitro benzene ring substituents is 1. The summed E-state index contributed by atoms with van der Waals surface area (Å²) >= 11 is 0. The maximum Gasteiger partial charge on any atom is 0.337 e. The molecule has 2 aliphatic rings. The highest BCUT2D eigenvalue weighted by Gasteiger charge is 2.39. The van der Waals surface area contributed by atoms with Crippen molar-refractivity contribution in [3.63, 3.8) is 0 Å². The fraction of sp³-hybridized carbons (Fsp3) is 0.321. The Kier molecular flexibility index (Phi) is 8.66. The number of carbonyl (C=O) groups is 2. The molecule has 2 aromatic carbocycles. The van der Waals surface area contributed by atoms with Gasteiger partial charge in [-0.2, -0.15) is 5.26 Å². The van der Waals surface area contributed by atoms with Crippen LogP contribution in [0.4, 0.5) is 5.69 Å². The van der Waals surface area contributed by atoms with Crippen molar-refractivity contribution in [3.05, 3.63) is 86.2 Å². The van der Waals surface area contributed by atoms with Crippen LogP contribution < -0.4 is 14.8 Å². The van der Waals surface area contributed by atoms with E-state index in [1.165, 1.54) is 31.4 Å². The van der Waals surface area contributed by atoms with Crippen LogP contribution in [-0.2, 0) is 30.2 Å². The van der Waals surface area contributed by atoms with E-state index in [2.05, 4.69) is 5.32 Å². The summed E-state index contributed by atoms with van der Waals surface area (Å²) in [6.45, 7) is 2.65. The molecule has 1 saturated heterocycles. The number of nitro benzene ring substituents is 1. The molecule has 208 valence electrons. The van der Waals surface area contributed by atoms with Crippen LogP contribution in [0.2, 0.25) is 0 Å². The number of rotatable bonds is 11. The van der Waals surface area contributed by atoms with Gasteiger partial charge in [-0.3, -0.25) is 10.1 Å². The Hall–Kier alpha value is -4.89. The van der Waals surface area contributed by atoms with Crippen LogP contribution in [0.3, 0.4) is 0 Å². The van der Waals surface area contributed by atoms with E-state index in [1.807, 2.05) is 12.1 Å². The van der Waals surface area contributed by atoms with Crippen LogP contribution >= 0.6 is 0 Å². The molecule has 12 nitrogen and oxygen atoms in total. The third-order valence-corrected chi connectivity index (χ3v) is 6.39. The van der Waals surface area contributed by atoms with Crippen molar-refractivity contribution in [2.75, 3.05) is 34.0 Å². The lowest BCUT2D eigenvalue weighted by atomic mass is 9.80. The average molecular weight is 550 g/mol. The van der Waals surface area contributed by atoms with Gasteiger partial charge in [0.15, 0.2) is 11.5 Å². The predicted molar refractivity (Wildman–Crippen MR) is 139 cm³/mol. The number of nitrogens with zero attached hydrogens (tertiary/aromatic N) is 2. The number of nitro groups is 1. The lowest BCUT2D eigenvalue weighted by molar-refractivity contribution is -0.384. The smallest absolute Gasteiger partial charge is 0.337 e. The zero-order chi connectivity index (χ0) is 28.8. The number of hydrogen-bond donors (Lipinski definition) is 1. The Morgan fingerprint density at radius 1 is 1.15 bits per heavy atom. The molecule has 1 N–H and O–H groups in total. The van der Waals surface area contributed by atoms with Crippen LogP contribution in [0.25, 0.3) is 0 Å². The molecule has 4 rings (SSSR count). The fourth-order valence-electron chi connectivity index (χ4n) is 4.34. The molecular formula is C28H27N3O9. The molecule has 0 saturated carbocycles. The monoisotopic (exact) mass is 549 g/mol. The quantitative estimate of drug-likeness (QED) is 0.190. The first-order valence-electron chi connectivity index (χ1n) is 12.3. The summed E-state index contributed by atoms with van der Waals surface area (Å²) in [5, 5.41) is 23.9. The van der Waals surface area contributed by atoms with Gasteiger partial charge in [-0.25, -0.2) is 9.59 Å². The molecule has 40 heavy (non-hydrogen) atoms. The van der Waals surface area contributed by atoms with Crippen LogP contribution in [0.1, 0.15) is 24.0 Å². The molecule has 0 aliphatic carbocycles. The van der Waals surface area contributed by atoms with Gasteiger partial charge in [0.25, 0.3) is 5.69 Å². The van der Waals surface area contributed by atoms with E-state index in [-0.39, 0.29) is 46.5 Å². The van der Waals surface area contributed by atoms with E-state index in [0.717, 1.165) is 12.7 Å². The van der Waals surface area contributed by atoms with Crippen molar-refractivity contribution in [2.45, 2.75) is 25.4 Å². The first-order valence-corrected chi connectivity index (χ1v) is 12.3. The van der Waals surface area contributed by atoms with E-state index in [4.69, 9.17) is 23.7 Å². The highest BCUT2D eigenvalue weighted by Crippen LogP contribution is 2.40. The van der Waals surface area contributed by atoms with E-state index >= 15 is 0 Å². The summed E-state index contributed by atoms with van der Waals surface area (Å²) in [6, 6.07) is 12.8. The van der Waals surface area contributed by atoms with Crippen molar-refractivity contribution in [1.29, 1.82) is 5.26 Å². The Bertz CT molecular complexity index is 1440. The van der Waals surface area contributed by atoms with Crippen LogP contribution in [-0.4, -0.2) is 57.0 Å². The van der Waals surface area contributed by atoms with E-state index in [9.17, 15) is 25.0 Å². The molecular weight excluding hydrogens is 522 g/mol. The number of methoxy groups -OCH3 is 2. The minimum Gasteiger partial charge on any atom is -0.493 e. The highest BCUT2D eigenvalue weighted by atomic mass is 16.6. The third kappa shape index (κ3) is 6.22. The summed E-state index contributed by atoms with van der Waals surface area (Å²) in [7, 11) is 2.67. The minimum atomic E-state index is -1.14. The Balaban J connectivity index is 1.56. The van der Waals surface area contributed by atoms with Gasteiger partial charge < -0.3 is 29.0 Å². The molecule has 1 fully saturated rings. The van der Waals surface area contributed by atoms with Gasteiger partial charge in [0, 0.05) is 24.3 Å². The number of nitrogens with one attached hydrogen (secondary N) is 1. The van der Waals surface area contributed by atoms with Crippen molar-refractivity contribution in [1.82, 2.24) is 5.32 Å². The first-order chi connectivity index (χ1) is 19.3. The average Bonchev–Trinajstić information content (AvgIpc) is 3.79. The Morgan fingerprint density at radius 3 is 2.58 bits per heavy atom. The lowest BCUT2D eigenvalue weighted by Crippen LogP contribution is -2.33. The van der Waals surface area contributed by atoms with Crippen LogP contribution in [0.15, 0.2) is 65.0 Å². The topological polar surface area (TPSA) is 163 Å². The highest BCUT2D eigenvalue weighted by molar-refractivity contribution is 6.00. The number of epoxide rings is 1. The Morgan fingerprint density at radius 2 is 1.93 bits per heavy atom. The largest absolute Gasteiger partial charge is 0.493 e. The first kappa shape index (κ1) is 28.1. The number of nitriles is 1. The predicted octanol–water partition coefficient (Wildman–Crippen LogP) is 3.08. The van der Waals surface area contributed by atoms with Gasteiger partial charge in [0.1, 0.15) is 24.5 Å². The Labute approximate surface area is 229 Å². The zero-order valence-electron chi connectivity index (χ0n) is 22.1. The fourth-order valence-corrected chi connectivity index (χ4v) is 4.34. The van der Waals surface area contributed by atoms with Crippen LogP contribution in [0, 0.1) is 21.4 Å². The molecule has 12 heteroatoms. The third-order valence-electron chi connectivity index (χ3n) is 6.39. The van der Waals surface area contributed by atoms with Crippen molar-refractivity contribution in [2.24, 2.45) is 0 Å². The van der Waals surface area contributed by atoms with E-state index in [0.29, 0.717) is 31.1 Å². The molecule has 2 unspecified atom stereocenters. The number of esters is 2. The van der Waals surface area contributed by atoms with E-state index < -0.39 is 22.8 Å². The second kappa shape index (κ2) is 12.3. The molecule has 2 heterocycles. The number of ether oxygens (including phenoxy) is 5. The SMILES string of the molecule is COC(=O)C1=C(C#N)NC(C)=C(C(=O)OCCc2ccc(OCC3CO3)c(OC)c2)C1c1cccc([N+](=O)[O-])c1. The number of carbonyl (C=O) groups excluding carboxylic acids is 2. The van der Waals surface area contributed by atoms with Crippen LogP contribution in [0.5, 0.6) is 11.5 Å². The van der Waals surface area contributed by atoms with Gasteiger partial charge in [-0.15, -0.1) is 0 Å². The maximum atomic E-state index is 13.4. The van der Waals surface area contributed by atoms with E-state index in [1.54, 1.807) is 19.1 Å². The number of hydrogen-bond acceptors (Lipinski definition) is 11. The van der Waals surface area contributed by atoms with Crippen molar-refractivity contribution < 1.29 is 38.2 Å². The summed E-state index contributed by atoms with van der Waals surface area (Å²) in [6.07, 6.45) is 0.443. The molecule has 0 radical (unpaired) electrons. The number of dihydropyridines is 1. The van der Waals surface area contributed by atoms with Crippen molar-refractivity contribution in [3.8, 4) is 17.6 Å². The van der Waals surface area contributed by atoms with Gasteiger partial charge in [0.05, 0.1) is 49.4 Å². The molecule has 0 spiro atoms. The van der Waals surface area contributed by atoms with Gasteiger partial charge in [0.2, 0.25) is 0 Å². The number of allylic oxidation sites excluding steroid dienone is 2. The summed E-state index contributed by atoms with van der Waals surface area (Å²) in [5.74, 6) is -1.65. The van der Waals surface area contributed by atoms with Gasteiger partial charge in [-0.1, -0.05) is 18.2 Å². The number of benzene rings is 2. The minimum absolute atomic E-state index is 0.0150. The second-order valence-electron chi connectivity index (χ2n) is 8.98. The molecule has 2 atom stereocenters. The van der Waals surface area contributed by atoms with Gasteiger partial charge in [-0.05, 0) is 30.2 Å². The second-order valence-corrected chi connectivity index (χ2v) is 8.98. The summed E-state index contributed by atoms with van der Waals surface area (Å²) in [5.41, 5.74) is 0.864. The summed E-state index contributed by atoms with van der Waals surface area (Å²) < 4.78 is 26.8. The van der Waals surface area contributed by atoms with Gasteiger partial charge >= 0.3 is 11.9 Å². The standard InChI is InChI=1S/C28H27N3O9/c1-16-24(28(33)38-10-9-17-7-8-22(23(11-17)36-2)40-15-20-14-39-20)25(18-5-4-6-19(12-18)31(34)35)26(27(32)37-3)21(13-29)30-16/h4-8,11-12,20,25,30H,9-10,14-15H2,1-3H3.